The number of methoxy groups -OCH3 is 3. The van der Waals surface area contributed by atoms with E-state index in [9.17, 15) is 31.2 Å². The molecule has 0 aromatic heterocycles. The summed E-state index contributed by atoms with van der Waals surface area (Å²) in [6.45, 7) is -1.23. The third-order valence-electron chi connectivity index (χ3n) is 7.63. The van der Waals surface area contributed by atoms with Gasteiger partial charge in [0.15, 0.2) is 11.3 Å². The van der Waals surface area contributed by atoms with Gasteiger partial charge >= 0.3 is 12.3 Å². The summed E-state index contributed by atoms with van der Waals surface area (Å²) >= 11 is 6.33. The fraction of sp³-hybridized carbons (Fsp3) is 0.310. The molecule has 2 heterocycles. The van der Waals surface area contributed by atoms with Crippen LogP contribution in [0.15, 0.2) is 65.6 Å². The molecule has 1 unspecified atom stereocenters. The zero-order chi connectivity index (χ0) is 33.8. The topological polar surface area (TPSA) is 112 Å². The van der Waals surface area contributed by atoms with Crippen molar-refractivity contribution in [3.8, 4) is 17.2 Å². The largest absolute Gasteiger partial charge is 0.573 e. The van der Waals surface area contributed by atoms with Gasteiger partial charge in [-0.15, -0.1) is 13.2 Å². The summed E-state index contributed by atoms with van der Waals surface area (Å²) in [6.07, 6.45) is -6.47. The van der Waals surface area contributed by atoms with Crippen LogP contribution in [0.4, 0.5) is 27.6 Å². The van der Waals surface area contributed by atoms with E-state index in [1.54, 1.807) is 0 Å². The summed E-state index contributed by atoms with van der Waals surface area (Å²) in [6, 6.07) is 9.70. The summed E-state index contributed by atoms with van der Waals surface area (Å²) in [4.78, 5) is 27.7. The number of para-hydroxylation sites is 1. The van der Waals surface area contributed by atoms with Crippen LogP contribution in [0.25, 0.3) is 0 Å². The minimum atomic E-state index is -5.37. The first kappa shape index (κ1) is 33.2. The Hall–Kier alpha value is -4.15. The summed E-state index contributed by atoms with van der Waals surface area (Å²) in [5, 5.41) is -0.0591. The van der Waals surface area contributed by atoms with Crippen LogP contribution in [0, 0.1) is 0 Å². The molecule has 46 heavy (non-hydrogen) atoms. The Labute approximate surface area is 264 Å². The molecule has 5 rings (SSSR count). The third kappa shape index (κ3) is 5.37. The van der Waals surface area contributed by atoms with Gasteiger partial charge in [-0.05, 0) is 36.4 Å². The SMILES string of the molecule is COC(=O)[C@H]1CC(F)(F)CN1C1(c2ccccc2OC)C(=O)N(S(=O)(=O)c2ccc(OC)cc2OC(F)(F)F)c2ccc(Cl)cc21. The molecule has 2 aliphatic rings. The van der Waals surface area contributed by atoms with E-state index in [4.69, 9.17) is 25.8 Å². The molecular formula is C29H24ClF5N2O8S. The lowest BCUT2D eigenvalue weighted by atomic mass is 9.81. The maximum atomic E-state index is 15.2. The highest BCUT2D eigenvalue weighted by molar-refractivity contribution is 7.93. The summed E-state index contributed by atoms with van der Waals surface area (Å²) < 4.78 is 119. The number of hydrogen-bond donors (Lipinski definition) is 0. The Morgan fingerprint density at radius 2 is 1.65 bits per heavy atom. The Bertz CT molecular complexity index is 1820. The number of fused-ring (bicyclic) bond motifs is 1. The van der Waals surface area contributed by atoms with Gasteiger partial charge in [-0.2, -0.15) is 0 Å². The van der Waals surface area contributed by atoms with Crippen LogP contribution in [0.3, 0.4) is 0 Å². The first-order valence-corrected chi connectivity index (χ1v) is 15.0. The predicted octanol–water partition coefficient (Wildman–Crippen LogP) is 5.12. The van der Waals surface area contributed by atoms with Gasteiger partial charge in [0.25, 0.3) is 21.9 Å². The molecule has 0 spiro atoms. The second-order valence-corrected chi connectivity index (χ2v) is 12.4. The molecule has 10 nitrogen and oxygen atoms in total. The number of nitrogens with zero attached hydrogens (tertiary/aromatic N) is 2. The molecular weight excluding hydrogens is 667 g/mol. The summed E-state index contributed by atoms with van der Waals surface area (Å²) in [7, 11) is -2.06. The molecule has 0 saturated carbocycles. The van der Waals surface area contributed by atoms with Gasteiger partial charge in [0, 0.05) is 28.6 Å². The van der Waals surface area contributed by atoms with E-state index in [1.165, 1.54) is 37.4 Å². The number of benzene rings is 3. The fourth-order valence-electron chi connectivity index (χ4n) is 5.87. The lowest BCUT2D eigenvalue weighted by molar-refractivity contribution is -0.275. The summed E-state index contributed by atoms with van der Waals surface area (Å²) in [5.74, 6) is -7.67. The molecule has 0 aliphatic carbocycles. The van der Waals surface area contributed by atoms with Crippen molar-refractivity contribution in [3.63, 3.8) is 0 Å². The number of likely N-dealkylation sites (tertiary alicyclic amines) is 1. The molecule has 17 heteroatoms. The molecule has 246 valence electrons. The van der Waals surface area contributed by atoms with E-state index in [-0.39, 0.29) is 32.0 Å². The Morgan fingerprint density at radius 1 is 0.957 bits per heavy atom. The highest BCUT2D eigenvalue weighted by atomic mass is 35.5. The highest BCUT2D eigenvalue weighted by Crippen LogP contribution is 2.56. The maximum Gasteiger partial charge on any atom is 0.573 e. The lowest BCUT2D eigenvalue weighted by Crippen LogP contribution is -2.58. The number of hydrogen-bond acceptors (Lipinski definition) is 9. The van der Waals surface area contributed by atoms with Gasteiger partial charge < -0.3 is 18.9 Å². The number of ether oxygens (including phenoxy) is 4. The number of rotatable bonds is 8. The molecule has 0 N–H and O–H groups in total. The number of carbonyl (C=O) groups excluding carboxylic acids is 2. The molecule has 2 aliphatic heterocycles. The molecule has 2 atom stereocenters. The van der Waals surface area contributed by atoms with Crippen LogP contribution in [0.2, 0.25) is 5.02 Å². The quantitative estimate of drug-likeness (QED) is 0.235. The highest BCUT2D eigenvalue weighted by Gasteiger charge is 2.66. The smallest absolute Gasteiger partial charge is 0.497 e. The first-order valence-electron chi connectivity index (χ1n) is 13.2. The second-order valence-electron chi connectivity index (χ2n) is 10.2. The normalized spacial score (nSPS) is 21.2. The van der Waals surface area contributed by atoms with Gasteiger partial charge in [-0.3, -0.25) is 14.5 Å². The minimum absolute atomic E-state index is 0.0591. The zero-order valence-corrected chi connectivity index (χ0v) is 25.7. The van der Waals surface area contributed by atoms with Crippen molar-refractivity contribution in [2.75, 3.05) is 32.2 Å². The van der Waals surface area contributed by atoms with Crippen LogP contribution in [-0.4, -0.2) is 71.4 Å². The third-order valence-corrected chi connectivity index (χ3v) is 9.60. The van der Waals surface area contributed by atoms with Gasteiger partial charge in [-0.1, -0.05) is 29.8 Å². The van der Waals surface area contributed by atoms with E-state index < -0.39 is 75.1 Å². The van der Waals surface area contributed by atoms with Crippen molar-refractivity contribution < 1.29 is 58.9 Å². The van der Waals surface area contributed by atoms with E-state index in [0.717, 1.165) is 43.4 Å². The van der Waals surface area contributed by atoms with Gasteiger partial charge in [-0.25, -0.2) is 21.5 Å². The maximum absolute atomic E-state index is 15.2. The number of sulfonamides is 1. The van der Waals surface area contributed by atoms with Gasteiger partial charge in [0.2, 0.25) is 0 Å². The van der Waals surface area contributed by atoms with Crippen LogP contribution >= 0.6 is 11.6 Å². The number of carbonyl (C=O) groups is 2. The Morgan fingerprint density at radius 3 is 2.28 bits per heavy atom. The van der Waals surface area contributed by atoms with Crippen molar-refractivity contribution in [2.24, 2.45) is 0 Å². The lowest BCUT2D eigenvalue weighted by Gasteiger charge is -2.40. The number of halogens is 6. The fourth-order valence-corrected chi connectivity index (χ4v) is 7.60. The predicted molar refractivity (Wildman–Crippen MR) is 152 cm³/mol. The first-order chi connectivity index (χ1) is 21.5. The van der Waals surface area contributed by atoms with Crippen molar-refractivity contribution in [1.29, 1.82) is 0 Å². The Balaban J connectivity index is 1.86. The molecule has 3 aromatic carbocycles. The molecule has 3 aromatic rings. The summed E-state index contributed by atoms with van der Waals surface area (Å²) in [5.41, 5.74) is -3.42. The standard InChI is InChI=1S/C29H24ClF5N2O8S/c1-42-17-9-11-24(23(13-17)45-29(33,34)35)46(40,41)37-20-10-8-16(30)12-19(20)28(26(37)39,18-6-4-5-7-22(18)43-2)36-15-27(31,32)14-21(36)25(38)44-3/h4-13,21H,14-15H2,1-3H3/t21-,28?/m1/s1. The second kappa shape index (κ2) is 11.6. The number of alkyl halides is 5. The van der Waals surface area contributed by atoms with Crippen LogP contribution in [0.5, 0.6) is 17.2 Å². The average molecular weight is 691 g/mol. The van der Waals surface area contributed by atoms with Gasteiger partial charge in [0.1, 0.15) is 22.4 Å². The van der Waals surface area contributed by atoms with Crippen molar-refractivity contribution >= 4 is 39.2 Å². The zero-order valence-electron chi connectivity index (χ0n) is 24.1. The molecule has 0 radical (unpaired) electrons. The van der Waals surface area contributed by atoms with Crippen LogP contribution in [0.1, 0.15) is 17.5 Å². The number of anilines is 1. The Kier molecular flexibility index (Phi) is 8.36. The van der Waals surface area contributed by atoms with E-state index >= 15 is 8.78 Å². The van der Waals surface area contributed by atoms with Crippen molar-refractivity contribution in [2.45, 2.75) is 35.2 Å². The van der Waals surface area contributed by atoms with E-state index in [2.05, 4.69) is 4.74 Å². The van der Waals surface area contributed by atoms with Crippen molar-refractivity contribution in [1.82, 2.24) is 4.90 Å². The molecule has 1 fully saturated rings. The minimum Gasteiger partial charge on any atom is -0.497 e. The molecule has 0 bridgehead atoms. The van der Waals surface area contributed by atoms with Crippen LogP contribution < -0.4 is 18.5 Å². The molecule has 1 saturated heterocycles. The van der Waals surface area contributed by atoms with E-state index in [0.29, 0.717) is 6.07 Å². The van der Waals surface area contributed by atoms with Crippen molar-refractivity contribution in [3.05, 3.63) is 76.8 Å². The van der Waals surface area contributed by atoms with Crippen LogP contribution in [-0.2, 0) is 29.9 Å². The molecule has 1 amide bonds. The van der Waals surface area contributed by atoms with E-state index in [1.807, 2.05) is 0 Å². The monoisotopic (exact) mass is 690 g/mol. The average Bonchev–Trinajstić information content (AvgIpc) is 3.45. The number of amides is 1. The van der Waals surface area contributed by atoms with Gasteiger partial charge in [0.05, 0.1) is 33.6 Å². The number of esters is 1.